The molecule has 6 nitrogen and oxygen atoms in total. The SMILES string of the molecule is CCOC(=O)CNC(=O)NC1(c2ccccc2)CCN(C(C)(C)C)CC1. The molecule has 1 aromatic rings. The molecule has 1 aliphatic rings. The summed E-state index contributed by atoms with van der Waals surface area (Å²) in [5, 5.41) is 5.75. The van der Waals surface area contributed by atoms with E-state index in [1.807, 2.05) is 18.2 Å². The first-order valence-corrected chi connectivity index (χ1v) is 9.29. The quantitative estimate of drug-likeness (QED) is 0.791. The van der Waals surface area contributed by atoms with Gasteiger partial charge in [-0.2, -0.15) is 0 Å². The normalized spacial score (nSPS) is 17.4. The number of esters is 1. The van der Waals surface area contributed by atoms with Gasteiger partial charge in [0, 0.05) is 18.6 Å². The topological polar surface area (TPSA) is 70.7 Å². The number of hydrogen-bond acceptors (Lipinski definition) is 4. The molecule has 2 N–H and O–H groups in total. The van der Waals surface area contributed by atoms with E-state index in [1.165, 1.54) is 0 Å². The van der Waals surface area contributed by atoms with Gasteiger partial charge in [-0.1, -0.05) is 30.3 Å². The van der Waals surface area contributed by atoms with Gasteiger partial charge in [-0.05, 0) is 46.1 Å². The maximum atomic E-state index is 12.4. The zero-order valence-electron chi connectivity index (χ0n) is 16.3. The van der Waals surface area contributed by atoms with Gasteiger partial charge < -0.3 is 15.4 Å². The molecule has 2 rings (SSSR count). The third kappa shape index (κ3) is 5.21. The molecule has 0 unspecified atom stereocenters. The van der Waals surface area contributed by atoms with Crippen molar-refractivity contribution in [3.8, 4) is 0 Å². The van der Waals surface area contributed by atoms with Crippen LogP contribution in [-0.4, -0.2) is 48.7 Å². The van der Waals surface area contributed by atoms with E-state index in [-0.39, 0.29) is 18.1 Å². The Labute approximate surface area is 156 Å². The van der Waals surface area contributed by atoms with Gasteiger partial charge in [0.1, 0.15) is 6.54 Å². The molecule has 0 spiro atoms. The van der Waals surface area contributed by atoms with Crippen molar-refractivity contribution in [3.63, 3.8) is 0 Å². The number of benzene rings is 1. The van der Waals surface area contributed by atoms with Crippen LogP contribution in [0.4, 0.5) is 4.79 Å². The third-order valence-electron chi connectivity index (χ3n) is 4.94. The molecule has 1 aromatic carbocycles. The molecule has 26 heavy (non-hydrogen) atoms. The first-order chi connectivity index (χ1) is 12.3. The highest BCUT2D eigenvalue weighted by molar-refractivity contribution is 5.81. The van der Waals surface area contributed by atoms with Gasteiger partial charge in [0.05, 0.1) is 12.1 Å². The van der Waals surface area contributed by atoms with Gasteiger partial charge >= 0.3 is 12.0 Å². The number of amides is 2. The molecule has 1 fully saturated rings. The summed E-state index contributed by atoms with van der Waals surface area (Å²) in [4.78, 5) is 26.3. The molecule has 0 atom stereocenters. The Balaban J connectivity index is 2.09. The number of piperidine rings is 1. The number of hydrogen-bond donors (Lipinski definition) is 2. The Kier molecular flexibility index (Phi) is 6.64. The molecule has 0 saturated carbocycles. The van der Waals surface area contributed by atoms with E-state index in [2.05, 4.69) is 48.4 Å². The summed E-state index contributed by atoms with van der Waals surface area (Å²) < 4.78 is 4.86. The summed E-state index contributed by atoms with van der Waals surface area (Å²) >= 11 is 0. The van der Waals surface area contributed by atoms with Gasteiger partial charge in [0.15, 0.2) is 0 Å². The number of carbonyl (C=O) groups excluding carboxylic acids is 2. The van der Waals surface area contributed by atoms with Crippen LogP contribution in [0.3, 0.4) is 0 Å². The highest BCUT2D eigenvalue weighted by atomic mass is 16.5. The predicted molar refractivity (Wildman–Crippen MR) is 102 cm³/mol. The van der Waals surface area contributed by atoms with E-state index in [0.717, 1.165) is 31.5 Å². The maximum absolute atomic E-state index is 12.4. The Morgan fingerprint density at radius 2 is 1.77 bits per heavy atom. The van der Waals surface area contributed by atoms with Crippen LogP contribution in [0.2, 0.25) is 0 Å². The second-order valence-electron chi connectivity index (χ2n) is 7.72. The minimum atomic E-state index is -0.432. The molecule has 1 saturated heterocycles. The van der Waals surface area contributed by atoms with Gasteiger partial charge in [-0.25, -0.2) is 4.79 Å². The standard InChI is InChI=1S/C20H31N3O3/c1-5-26-17(24)15-21-18(25)22-20(16-9-7-6-8-10-16)11-13-23(14-12-20)19(2,3)4/h6-10H,5,11-15H2,1-4H3,(H2,21,22,25). The first kappa shape index (κ1) is 20.2. The molecular formula is C20H31N3O3. The van der Waals surface area contributed by atoms with E-state index in [4.69, 9.17) is 4.74 Å². The minimum Gasteiger partial charge on any atom is -0.465 e. The lowest BCUT2D eigenvalue weighted by Crippen LogP contribution is -2.58. The summed E-state index contributed by atoms with van der Waals surface area (Å²) in [6.45, 7) is 10.3. The second kappa shape index (κ2) is 8.54. The number of urea groups is 1. The number of nitrogens with zero attached hydrogens (tertiary/aromatic N) is 1. The van der Waals surface area contributed by atoms with E-state index >= 15 is 0 Å². The Hall–Kier alpha value is -2.08. The fraction of sp³-hybridized carbons (Fsp3) is 0.600. The van der Waals surface area contributed by atoms with Crippen molar-refractivity contribution in [2.45, 2.75) is 51.6 Å². The number of ether oxygens (including phenoxy) is 1. The average Bonchev–Trinajstić information content (AvgIpc) is 2.61. The van der Waals surface area contributed by atoms with Crippen LogP contribution in [0.25, 0.3) is 0 Å². The Morgan fingerprint density at radius 3 is 2.31 bits per heavy atom. The lowest BCUT2D eigenvalue weighted by molar-refractivity contribution is -0.141. The van der Waals surface area contributed by atoms with Crippen molar-refractivity contribution in [3.05, 3.63) is 35.9 Å². The van der Waals surface area contributed by atoms with E-state index < -0.39 is 11.5 Å². The average molecular weight is 361 g/mol. The van der Waals surface area contributed by atoms with E-state index in [9.17, 15) is 9.59 Å². The lowest BCUT2D eigenvalue weighted by atomic mass is 9.80. The fourth-order valence-electron chi connectivity index (χ4n) is 3.43. The monoisotopic (exact) mass is 361 g/mol. The van der Waals surface area contributed by atoms with Gasteiger partial charge in [-0.15, -0.1) is 0 Å². The van der Waals surface area contributed by atoms with Gasteiger partial charge in [0.25, 0.3) is 0 Å². The zero-order valence-corrected chi connectivity index (χ0v) is 16.3. The number of carbonyl (C=O) groups is 2. The molecule has 1 aliphatic heterocycles. The highest BCUT2D eigenvalue weighted by Gasteiger charge is 2.39. The lowest BCUT2D eigenvalue weighted by Gasteiger charge is -2.47. The molecule has 6 heteroatoms. The summed E-state index contributed by atoms with van der Waals surface area (Å²) in [6.07, 6.45) is 1.64. The molecule has 2 amide bonds. The molecule has 0 bridgehead atoms. The number of nitrogens with one attached hydrogen (secondary N) is 2. The molecular weight excluding hydrogens is 330 g/mol. The maximum Gasteiger partial charge on any atom is 0.325 e. The highest BCUT2D eigenvalue weighted by Crippen LogP contribution is 2.35. The summed E-state index contributed by atoms with van der Waals surface area (Å²) in [5.41, 5.74) is 0.774. The largest absolute Gasteiger partial charge is 0.465 e. The van der Waals surface area contributed by atoms with Crippen molar-refractivity contribution >= 4 is 12.0 Å². The molecule has 0 aliphatic carbocycles. The third-order valence-corrected chi connectivity index (χ3v) is 4.94. The van der Waals surface area contributed by atoms with Crippen LogP contribution in [0.15, 0.2) is 30.3 Å². The molecule has 0 aromatic heterocycles. The second-order valence-corrected chi connectivity index (χ2v) is 7.72. The zero-order chi connectivity index (χ0) is 19.2. The van der Waals surface area contributed by atoms with Crippen LogP contribution < -0.4 is 10.6 Å². The van der Waals surface area contributed by atoms with Crippen molar-refractivity contribution in [1.29, 1.82) is 0 Å². The van der Waals surface area contributed by atoms with Crippen molar-refractivity contribution in [2.75, 3.05) is 26.2 Å². The van der Waals surface area contributed by atoms with Crippen molar-refractivity contribution in [1.82, 2.24) is 15.5 Å². The van der Waals surface area contributed by atoms with Crippen LogP contribution >= 0.6 is 0 Å². The summed E-state index contributed by atoms with van der Waals surface area (Å²) in [7, 11) is 0. The predicted octanol–water partition coefficient (Wildman–Crippen LogP) is 2.64. The fourth-order valence-corrected chi connectivity index (χ4v) is 3.43. The van der Waals surface area contributed by atoms with Crippen LogP contribution in [-0.2, 0) is 15.1 Å². The Bertz CT molecular complexity index is 602. The van der Waals surface area contributed by atoms with Gasteiger partial charge in [0.2, 0.25) is 0 Å². The van der Waals surface area contributed by atoms with Crippen molar-refractivity contribution < 1.29 is 14.3 Å². The molecule has 1 heterocycles. The van der Waals surface area contributed by atoms with E-state index in [0.29, 0.717) is 6.61 Å². The van der Waals surface area contributed by atoms with Crippen molar-refractivity contribution in [2.24, 2.45) is 0 Å². The molecule has 0 radical (unpaired) electrons. The summed E-state index contributed by atoms with van der Waals surface area (Å²) in [6, 6.07) is 9.72. The summed E-state index contributed by atoms with van der Waals surface area (Å²) in [5.74, 6) is -0.432. The Morgan fingerprint density at radius 1 is 1.15 bits per heavy atom. The molecule has 144 valence electrons. The number of rotatable bonds is 5. The van der Waals surface area contributed by atoms with Crippen LogP contribution in [0.1, 0.15) is 46.1 Å². The van der Waals surface area contributed by atoms with Crippen LogP contribution in [0.5, 0.6) is 0 Å². The van der Waals surface area contributed by atoms with Gasteiger partial charge in [-0.3, -0.25) is 9.69 Å². The van der Waals surface area contributed by atoms with Crippen LogP contribution in [0, 0.1) is 0 Å². The smallest absolute Gasteiger partial charge is 0.325 e. The minimum absolute atomic E-state index is 0.106. The first-order valence-electron chi connectivity index (χ1n) is 9.29. The van der Waals surface area contributed by atoms with E-state index in [1.54, 1.807) is 6.92 Å². The number of likely N-dealkylation sites (tertiary alicyclic amines) is 1.